The van der Waals surface area contributed by atoms with Crippen molar-refractivity contribution in [1.82, 2.24) is 0 Å². The number of methoxy groups -OCH3 is 1. The zero-order valence-electron chi connectivity index (χ0n) is 32.4. The van der Waals surface area contributed by atoms with Crippen LogP contribution in [0.2, 0.25) is 0 Å². The van der Waals surface area contributed by atoms with Crippen LogP contribution < -0.4 is 0 Å². The van der Waals surface area contributed by atoms with Crippen molar-refractivity contribution < 1.29 is 9.53 Å². The highest BCUT2D eigenvalue weighted by Crippen LogP contribution is 2.79. The van der Waals surface area contributed by atoms with Crippen LogP contribution in [0.15, 0.2) is 0 Å². The Kier molecular flexibility index (Phi) is 10.5. The largest absolute Gasteiger partial charge is 0.469 e. The van der Waals surface area contributed by atoms with Gasteiger partial charge in [0.15, 0.2) is 0 Å². The molecule has 0 aliphatic heterocycles. The number of rotatable bonds is 3. The maximum Gasteiger partial charge on any atom is 0.308 e. The third-order valence-electron chi connectivity index (χ3n) is 19.7. The summed E-state index contributed by atoms with van der Waals surface area (Å²) in [5.74, 6) is 17.0. The standard InChI is InChI=1S/2C18H30.C7H14O2.2CH4/c2*1-9-10(2)12-7-11(9)15-13-8-14(16(12)15)18(5,6)17(13,3)4;1-4-6(5-2)7(8)9-3;;/h2*9-16H,7-8H2,1-6H3;6H,4-5H2,1-3H3;2*1H4. The number of carbonyl (C=O) groups excluding carboxylic acids is 1. The van der Waals surface area contributed by atoms with Crippen molar-refractivity contribution in [3.63, 3.8) is 0 Å². The fraction of sp³-hybridized carbons (Fsp3) is 0.978. The molecule has 274 valence electrons. The SMILES string of the molecule is C.C.CC1C(C)C2CC1C1C2C2CC1C(C)(C)C2(C)C.CC1C(C)C2CC1C1C2C2CC1C(C)(C)C2(C)C.CCC(CC)C(=O)OC. The molecule has 0 spiro atoms. The predicted molar refractivity (Wildman–Crippen MR) is 202 cm³/mol. The van der Waals surface area contributed by atoms with Gasteiger partial charge in [0.25, 0.3) is 0 Å². The van der Waals surface area contributed by atoms with Crippen molar-refractivity contribution in [2.75, 3.05) is 7.11 Å². The third-order valence-corrected chi connectivity index (χ3v) is 19.7. The lowest BCUT2D eigenvalue weighted by Crippen LogP contribution is -2.50. The van der Waals surface area contributed by atoms with E-state index in [2.05, 4.69) is 87.8 Å². The monoisotopic (exact) mass is 655 g/mol. The summed E-state index contributed by atoms with van der Waals surface area (Å²) in [6, 6.07) is 0. The molecule has 2 nitrogen and oxygen atoms in total. The van der Waals surface area contributed by atoms with Gasteiger partial charge < -0.3 is 4.74 Å². The molecule has 0 amide bonds. The van der Waals surface area contributed by atoms with Crippen molar-refractivity contribution in [1.29, 1.82) is 0 Å². The molecule has 16 unspecified atom stereocenters. The van der Waals surface area contributed by atoms with Crippen LogP contribution in [0.5, 0.6) is 0 Å². The number of carbonyl (C=O) groups is 1. The Morgan fingerprint density at radius 1 is 0.532 bits per heavy atom. The number of ether oxygens (including phenoxy) is 1. The molecule has 0 aromatic rings. The highest BCUT2D eigenvalue weighted by Gasteiger charge is 2.74. The Labute approximate surface area is 294 Å². The lowest BCUT2D eigenvalue weighted by molar-refractivity contribution is -0.145. The van der Waals surface area contributed by atoms with Gasteiger partial charge in [-0.2, -0.15) is 0 Å². The van der Waals surface area contributed by atoms with Gasteiger partial charge in [-0.15, -0.1) is 0 Å². The third kappa shape index (κ3) is 4.97. The second-order valence-corrected chi connectivity index (χ2v) is 20.7. The molecule has 8 fully saturated rings. The smallest absolute Gasteiger partial charge is 0.308 e. The van der Waals surface area contributed by atoms with Crippen LogP contribution >= 0.6 is 0 Å². The van der Waals surface area contributed by atoms with Gasteiger partial charge in [0, 0.05) is 0 Å². The van der Waals surface area contributed by atoms with E-state index in [0.29, 0.717) is 21.7 Å². The van der Waals surface area contributed by atoms with Gasteiger partial charge in [-0.3, -0.25) is 4.79 Å². The minimum atomic E-state index is -0.0833. The van der Waals surface area contributed by atoms with E-state index in [0.717, 1.165) is 108 Å². The minimum absolute atomic E-state index is 0. The van der Waals surface area contributed by atoms with Crippen molar-refractivity contribution in [3.05, 3.63) is 0 Å². The highest BCUT2D eigenvalue weighted by atomic mass is 16.5. The normalized spacial score (nSPS) is 49.6. The number of esters is 1. The molecular formula is C45H82O2. The summed E-state index contributed by atoms with van der Waals surface area (Å²) in [7, 11) is 1.43. The van der Waals surface area contributed by atoms with Gasteiger partial charge in [0.05, 0.1) is 13.0 Å². The summed E-state index contributed by atoms with van der Waals surface area (Å²) in [4.78, 5) is 10.8. The first-order valence-corrected chi connectivity index (χ1v) is 19.9. The van der Waals surface area contributed by atoms with Gasteiger partial charge in [0.1, 0.15) is 0 Å². The van der Waals surface area contributed by atoms with Crippen LogP contribution in [-0.4, -0.2) is 13.1 Å². The lowest BCUT2D eigenvalue weighted by atomic mass is 9.50. The van der Waals surface area contributed by atoms with Crippen molar-refractivity contribution >= 4 is 5.97 Å². The van der Waals surface area contributed by atoms with Crippen LogP contribution in [0.4, 0.5) is 0 Å². The molecule has 0 aromatic carbocycles. The van der Waals surface area contributed by atoms with E-state index in [1.807, 2.05) is 13.8 Å². The van der Waals surface area contributed by atoms with Crippen molar-refractivity contribution in [2.45, 2.75) is 150 Å². The van der Waals surface area contributed by atoms with Crippen LogP contribution in [0.1, 0.15) is 150 Å². The first-order chi connectivity index (χ1) is 20.8. The Hall–Kier alpha value is -0.530. The molecule has 8 rings (SSSR count). The Balaban J connectivity index is 0.000000166. The average Bonchev–Trinajstić information content (AvgIpc) is 3.82. The second kappa shape index (κ2) is 12.6. The Morgan fingerprint density at radius 2 is 0.766 bits per heavy atom. The molecule has 0 N–H and O–H groups in total. The highest BCUT2D eigenvalue weighted by molar-refractivity contribution is 5.72. The Morgan fingerprint density at radius 3 is 0.936 bits per heavy atom. The summed E-state index contributed by atoms with van der Waals surface area (Å²) in [5.41, 5.74) is 2.30. The fourth-order valence-corrected chi connectivity index (χ4v) is 15.5. The van der Waals surface area contributed by atoms with Crippen molar-refractivity contribution in [3.8, 4) is 0 Å². The van der Waals surface area contributed by atoms with Gasteiger partial charge in [-0.25, -0.2) is 0 Å². The molecule has 47 heavy (non-hydrogen) atoms. The molecule has 2 heteroatoms. The maximum absolute atomic E-state index is 10.8. The molecule has 0 radical (unpaired) electrons. The van der Waals surface area contributed by atoms with Gasteiger partial charge in [-0.05, 0) is 155 Å². The minimum Gasteiger partial charge on any atom is -0.469 e. The second-order valence-electron chi connectivity index (χ2n) is 20.7. The van der Waals surface area contributed by atoms with Gasteiger partial charge in [-0.1, -0.05) is 112 Å². The molecule has 8 aliphatic carbocycles. The summed E-state index contributed by atoms with van der Waals surface area (Å²) in [6.45, 7) is 34.8. The van der Waals surface area contributed by atoms with E-state index < -0.39 is 0 Å². The molecule has 0 heterocycles. The molecule has 0 aromatic heterocycles. The first kappa shape index (κ1) is 39.3. The van der Waals surface area contributed by atoms with E-state index in [-0.39, 0.29) is 26.7 Å². The molecule has 16 atom stereocenters. The molecule has 0 saturated heterocycles. The number of hydrogen-bond acceptors (Lipinski definition) is 2. The quantitative estimate of drug-likeness (QED) is 0.224. The summed E-state index contributed by atoms with van der Waals surface area (Å²) >= 11 is 0. The predicted octanol–water partition coefficient (Wildman–Crippen LogP) is 12.6. The summed E-state index contributed by atoms with van der Waals surface area (Å²) < 4.78 is 4.56. The van der Waals surface area contributed by atoms with Crippen LogP contribution in [0, 0.1) is 122 Å². The van der Waals surface area contributed by atoms with Crippen LogP contribution in [-0.2, 0) is 9.53 Å². The molecule has 8 aliphatic rings. The van der Waals surface area contributed by atoms with E-state index in [4.69, 9.17) is 0 Å². The maximum atomic E-state index is 10.8. The topological polar surface area (TPSA) is 26.3 Å². The zero-order chi connectivity index (χ0) is 33.3. The van der Waals surface area contributed by atoms with E-state index >= 15 is 0 Å². The molecule has 8 bridgehead atoms. The van der Waals surface area contributed by atoms with Crippen molar-refractivity contribution in [2.24, 2.45) is 122 Å². The average molecular weight is 655 g/mol. The first-order valence-electron chi connectivity index (χ1n) is 19.9. The Bertz CT molecular complexity index is 977. The van der Waals surface area contributed by atoms with Crippen LogP contribution in [0.25, 0.3) is 0 Å². The van der Waals surface area contributed by atoms with E-state index in [9.17, 15) is 4.79 Å². The van der Waals surface area contributed by atoms with E-state index in [1.54, 1.807) is 25.7 Å². The zero-order valence-corrected chi connectivity index (χ0v) is 32.4. The van der Waals surface area contributed by atoms with E-state index in [1.165, 1.54) is 7.11 Å². The summed E-state index contributed by atoms with van der Waals surface area (Å²) in [5, 5.41) is 0. The van der Waals surface area contributed by atoms with Gasteiger partial charge in [0.2, 0.25) is 0 Å². The number of hydrogen-bond donors (Lipinski definition) is 0. The lowest BCUT2D eigenvalue weighted by Gasteiger charge is -2.55. The number of fused-ring (bicyclic) bond motifs is 18. The molecular weight excluding hydrogens is 572 g/mol. The molecule has 8 saturated carbocycles. The van der Waals surface area contributed by atoms with Crippen LogP contribution in [0.3, 0.4) is 0 Å². The fourth-order valence-electron chi connectivity index (χ4n) is 15.5. The summed E-state index contributed by atoms with van der Waals surface area (Å²) in [6.07, 6.45) is 8.03. The van der Waals surface area contributed by atoms with Gasteiger partial charge >= 0.3 is 5.97 Å².